The molecule has 1 aromatic rings. The minimum absolute atomic E-state index is 0.441. The van der Waals surface area contributed by atoms with Gasteiger partial charge in [-0.05, 0) is 25.6 Å². The minimum atomic E-state index is -0.930. The average Bonchev–Trinajstić information content (AvgIpc) is 2.37. The van der Waals surface area contributed by atoms with E-state index in [1.807, 2.05) is 31.2 Å². The Labute approximate surface area is 112 Å². The summed E-state index contributed by atoms with van der Waals surface area (Å²) in [5.41, 5.74) is -0.930. The molecule has 0 saturated heterocycles. The van der Waals surface area contributed by atoms with Crippen LogP contribution < -0.4 is 10.1 Å². The van der Waals surface area contributed by atoms with Gasteiger partial charge in [-0.2, -0.15) is 0 Å². The molecule has 1 atom stereocenters. The molecular weight excluding hydrogens is 250 g/mol. The van der Waals surface area contributed by atoms with E-state index in [4.69, 9.17) is 4.74 Å². The predicted molar refractivity (Wildman–Crippen MR) is 73.4 cm³/mol. The van der Waals surface area contributed by atoms with Crippen LogP contribution in [0.15, 0.2) is 29.2 Å². The lowest BCUT2D eigenvalue weighted by molar-refractivity contribution is -0.143. The van der Waals surface area contributed by atoms with Crippen LogP contribution in [0.1, 0.15) is 13.8 Å². The molecule has 0 aromatic heterocycles. The molecule has 5 heteroatoms. The highest BCUT2D eigenvalue weighted by Crippen LogP contribution is 2.31. The van der Waals surface area contributed by atoms with Crippen molar-refractivity contribution in [1.29, 1.82) is 0 Å². The molecule has 18 heavy (non-hydrogen) atoms. The van der Waals surface area contributed by atoms with Crippen LogP contribution in [0.2, 0.25) is 0 Å². The Hall–Kier alpha value is -1.20. The molecule has 100 valence electrons. The standard InChI is InChI=1S/C13H19NO3S/c1-4-14-13(2,12(15)16)9-18-11-8-6-5-7-10(11)17-3/h5-8,14H,4,9H2,1-3H3,(H,15,16). The number of para-hydroxylation sites is 1. The number of thioether (sulfide) groups is 1. The molecule has 1 rings (SSSR count). The summed E-state index contributed by atoms with van der Waals surface area (Å²) in [4.78, 5) is 12.2. The quantitative estimate of drug-likeness (QED) is 0.743. The lowest BCUT2D eigenvalue weighted by Gasteiger charge is -2.25. The largest absolute Gasteiger partial charge is 0.496 e. The number of benzene rings is 1. The van der Waals surface area contributed by atoms with E-state index in [9.17, 15) is 9.90 Å². The van der Waals surface area contributed by atoms with Gasteiger partial charge in [0.1, 0.15) is 11.3 Å². The molecule has 2 N–H and O–H groups in total. The molecule has 0 aliphatic rings. The van der Waals surface area contributed by atoms with Crippen LogP contribution in [0.4, 0.5) is 0 Å². The van der Waals surface area contributed by atoms with Gasteiger partial charge >= 0.3 is 5.97 Å². The molecule has 0 heterocycles. The van der Waals surface area contributed by atoms with E-state index in [2.05, 4.69) is 5.32 Å². The van der Waals surface area contributed by atoms with Gasteiger partial charge in [-0.1, -0.05) is 19.1 Å². The molecule has 1 aromatic carbocycles. The Kier molecular flexibility index (Phi) is 5.50. The molecule has 0 amide bonds. The number of nitrogens with one attached hydrogen (secondary N) is 1. The van der Waals surface area contributed by atoms with Crippen molar-refractivity contribution in [1.82, 2.24) is 5.32 Å². The fourth-order valence-corrected chi connectivity index (χ4v) is 2.68. The monoisotopic (exact) mass is 269 g/mol. The van der Waals surface area contributed by atoms with E-state index in [0.29, 0.717) is 12.3 Å². The number of aliphatic carboxylic acids is 1. The second-order valence-corrected chi connectivity index (χ2v) is 5.12. The number of hydrogen-bond donors (Lipinski definition) is 2. The Morgan fingerprint density at radius 3 is 2.72 bits per heavy atom. The van der Waals surface area contributed by atoms with E-state index in [1.165, 1.54) is 11.8 Å². The highest BCUT2D eigenvalue weighted by molar-refractivity contribution is 7.99. The molecule has 0 fully saturated rings. The second-order valence-electron chi connectivity index (χ2n) is 4.11. The molecule has 0 bridgehead atoms. The van der Waals surface area contributed by atoms with Gasteiger partial charge in [0.15, 0.2) is 0 Å². The van der Waals surface area contributed by atoms with E-state index in [1.54, 1.807) is 14.0 Å². The van der Waals surface area contributed by atoms with Crippen LogP contribution >= 0.6 is 11.8 Å². The zero-order valence-electron chi connectivity index (χ0n) is 10.9. The van der Waals surface area contributed by atoms with Crippen molar-refractivity contribution in [2.75, 3.05) is 19.4 Å². The van der Waals surface area contributed by atoms with Crippen LogP contribution in [0.5, 0.6) is 5.75 Å². The molecule has 0 spiro atoms. The zero-order valence-corrected chi connectivity index (χ0v) is 11.7. The Morgan fingerprint density at radius 1 is 1.50 bits per heavy atom. The normalized spacial score (nSPS) is 13.9. The van der Waals surface area contributed by atoms with Gasteiger partial charge in [0.2, 0.25) is 0 Å². The smallest absolute Gasteiger partial charge is 0.324 e. The van der Waals surface area contributed by atoms with E-state index < -0.39 is 11.5 Å². The second kappa shape index (κ2) is 6.66. The SMILES string of the molecule is CCNC(C)(CSc1ccccc1OC)C(=O)O. The number of ether oxygens (including phenoxy) is 1. The van der Waals surface area contributed by atoms with Crippen LogP contribution in [0.25, 0.3) is 0 Å². The number of rotatable bonds is 7. The zero-order chi connectivity index (χ0) is 13.6. The van der Waals surface area contributed by atoms with Crippen molar-refractivity contribution in [3.8, 4) is 5.75 Å². The summed E-state index contributed by atoms with van der Waals surface area (Å²) in [6.45, 7) is 4.21. The van der Waals surface area contributed by atoms with Crippen molar-refractivity contribution < 1.29 is 14.6 Å². The van der Waals surface area contributed by atoms with Gasteiger partial charge in [-0.3, -0.25) is 4.79 Å². The highest BCUT2D eigenvalue weighted by atomic mass is 32.2. The maximum atomic E-state index is 11.3. The molecular formula is C13H19NO3S. The topological polar surface area (TPSA) is 58.6 Å². The van der Waals surface area contributed by atoms with Crippen molar-refractivity contribution in [3.63, 3.8) is 0 Å². The van der Waals surface area contributed by atoms with Crippen LogP contribution in [-0.4, -0.2) is 36.0 Å². The van der Waals surface area contributed by atoms with Gasteiger partial charge < -0.3 is 15.2 Å². The number of carboxylic acids is 1. The minimum Gasteiger partial charge on any atom is -0.496 e. The van der Waals surface area contributed by atoms with E-state index in [-0.39, 0.29) is 0 Å². The third-order valence-electron chi connectivity index (χ3n) is 2.62. The first-order valence-corrected chi connectivity index (χ1v) is 6.76. The summed E-state index contributed by atoms with van der Waals surface area (Å²) in [6.07, 6.45) is 0. The molecule has 0 aliphatic carbocycles. The lowest BCUT2D eigenvalue weighted by atomic mass is 10.1. The van der Waals surface area contributed by atoms with Crippen molar-refractivity contribution >= 4 is 17.7 Å². The van der Waals surface area contributed by atoms with E-state index >= 15 is 0 Å². The molecule has 0 radical (unpaired) electrons. The Balaban J connectivity index is 2.76. The number of likely N-dealkylation sites (N-methyl/N-ethyl adjacent to an activating group) is 1. The third-order valence-corrected chi connectivity index (χ3v) is 3.99. The first-order valence-electron chi connectivity index (χ1n) is 5.77. The van der Waals surface area contributed by atoms with Gasteiger partial charge in [-0.25, -0.2) is 0 Å². The first-order chi connectivity index (χ1) is 8.53. The van der Waals surface area contributed by atoms with Crippen molar-refractivity contribution in [2.45, 2.75) is 24.3 Å². The summed E-state index contributed by atoms with van der Waals surface area (Å²) in [5, 5.41) is 12.3. The maximum absolute atomic E-state index is 11.3. The van der Waals surface area contributed by atoms with Crippen LogP contribution in [0.3, 0.4) is 0 Å². The number of hydrogen-bond acceptors (Lipinski definition) is 4. The third kappa shape index (κ3) is 3.65. The number of carbonyl (C=O) groups is 1. The van der Waals surface area contributed by atoms with Crippen molar-refractivity contribution in [3.05, 3.63) is 24.3 Å². The molecule has 1 unspecified atom stereocenters. The molecule has 0 saturated carbocycles. The first kappa shape index (κ1) is 14.9. The van der Waals surface area contributed by atoms with Crippen molar-refractivity contribution in [2.24, 2.45) is 0 Å². The fraction of sp³-hybridized carbons (Fsp3) is 0.462. The molecule has 4 nitrogen and oxygen atoms in total. The Bertz CT molecular complexity index is 411. The highest BCUT2D eigenvalue weighted by Gasteiger charge is 2.32. The fourth-order valence-electron chi connectivity index (χ4n) is 1.54. The van der Waals surface area contributed by atoms with Crippen LogP contribution in [-0.2, 0) is 4.79 Å². The van der Waals surface area contributed by atoms with Gasteiger partial charge in [-0.15, -0.1) is 11.8 Å². The van der Waals surface area contributed by atoms with Gasteiger partial charge in [0, 0.05) is 10.6 Å². The van der Waals surface area contributed by atoms with Gasteiger partial charge in [0.05, 0.1) is 7.11 Å². The molecule has 0 aliphatic heterocycles. The number of methoxy groups -OCH3 is 1. The predicted octanol–water partition coefficient (Wildman–Crippen LogP) is 2.24. The summed E-state index contributed by atoms with van der Waals surface area (Å²) in [6, 6.07) is 7.60. The summed E-state index contributed by atoms with van der Waals surface area (Å²) < 4.78 is 5.24. The average molecular weight is 269 g/mol. The van der Waals surface area contributed by atoms with Crippen LogP contribution in [0, 0.1) is 0 Å². The maximum Gasteiger partial charge on any atom is 0.324 e. The number of carboxylic acid groups (broad SMARTS) is 1. The lowest BCUT2D eigenvalue weighted by Crippen LogP contribution is -2.51. The van der Waals surface area contributed by atoms with Gasteiger partial charge in [0.25, 0.3) is 0 Å². The van der Waals surface area contributed by atoms with E-state index in [0.717, 1.165) is 10.6 Å². The summed E-state index contributed by atoms with van der Waals surface area (Å²) in [5.74, 6) is 0.370. The summed E-state index contributed by atoms with van der Waals surface area (Å²) >= 11 is 1.48. The summed E-state index contributed by atoms with van der Waals surface area (Å²) in [7, 11) is 1.61. The Morgan fingerprint density at radius 2 is 2.17 bits per heavy atom.